The van der Waals surface area contributed by atoms with Gasteiger partial charge in [-0.05, 0) is 12.5 Å². The van der Waals surface area contributed by atoms with Crippen molar-refractivity contribution in [1.29, 1.82) is 0 Å². The van der Waals surface area contributed by atoms with Crippen LogP contribution < -0.4 is 10.1 Å². The molecule has 1 aromatic rings. The summed E-state index contributed by atoms with van der Waals surface area (Å²) in [5.74, 6) is -0.283. The van der Waals surface area contributed by atoms with E-state index in [1.54, 1.807) is 12.1 Å². The Morgan fingerprint density at radius 2 is 1.87 bits per heavy atom. The van der Waals surface area contributed by atoms with E-state index < -0.39 is 12.5 Å². The second kappa shape index (κ2) is 7.94. The number of alkyl halides is 4. The number of rotatable bonds is 7. The number of benzene rings is 1. The summed E-state index contributed by atoms with van der Waals surface area (Å²) in [6, 6.07) is 5.53. The Kier molecular flexibility index (Phi) is 6.20. The number of nitrogens with zero attached hydrogens (tertiary/aromatic N) is 1. The normalized spacial score (nSPS) is 18.2. The van der Waals surface area contributed by atoms with Gasteiger partial charge in [-0.1, -0.05) is 18.2 Å². The standard InChI is InChI=1S/C15H20F4N2O2/c16-14(17)15(18,19)23-13-4-2-1-3-11(13)12(5-10-22)21-8-6-20-7-9-21/h1-4,12,14,20,22H,5-10H2/t12-/m1/s1. The van der Waals surface area contributed by atoms with Gasteiger partial charge < -0.3 is 15.2 Å². The largest absolute Gasteiger partial charge is 0.461 e. The number of nitrogens with one attached hydrogen (secondary N) is 1. The zero-order valence-corrected chi connectivity index (χ0v) is 12.5. The van der Waals surface area contributed by atoms with Crippen LogP contribution >= 0.6 is 0 Å². The fourth-order valence-electron chi connectivity index (χ4n) is 2.69. The summed E-state index contributed by atoms with van der Waals surface area (Å²) in [5, 5.41) is 12.5. The molecule has 0 amide bonds. The highest BCUT2D eigenvalue weighted by atomic mass is 19.3. The third-order valence-electron chi connectivity index (χ3n) is 3.77. The lowest BCUT2D eigenvalue weighted by atomic mass is 10.0. The highest BCUT2D eigenvalue weighted by Crippen LogP contribution is 2.36. The molecule has 0 aromatic heterocycles. The summed E-state index contributed by atoms with van der Waals surface area (Å²) in [4.78, 5) is 2.02. The van der Waals surface area contributed by atoms with Crippen molar-refractivity contribution >= 4 is 0 Å². The lowest BCUT2D eigenvalue weighted by Crippen LogP contribution is -2.45. The van der Waals surface area contributed by atoms with Crippen molar-refractivity contribution in [2.75, 3.05) is 32.8 Å². The Hall–Kier alpha value is -1.38. The number of halogens is 4. The van der Waals surface area contributed by atoms with Crippen LogP contribution in [0.5, 0.6) is 5.75 Å². The van der Waals surface area contributed by atoms with E-state index >= 15 is 0 Å². The molecule has 4 nitrogen and oxygen atoms in total. The first kappa shape index (κ1) is 18.0. The minimum atomic E-state index is -4.55. The van der Waals surface area contributed by atoms with Crippen molar-refractivity contribution in [2.24, 2.45) is 0 Å². The minimum absolute atomic E-state index is 0.145. The Balaban J connectivity index is 2.28. The average molecular weight is 336 g/mol. The summed E-state index contributed by atoms with van der Waals surface area (Å²) in [7, 11) is 0. The quantitative estimate of drug-likeness (QED) is 0.750. The predicted octanol–water partition coefficient (Wildman–Crippen LogP) is 2.25. The van der Waals surface area contributed by atoms with E-state index in [2.05, 4.69) is 10.1 Å². The van der Waals surface area contributed by atoms with Crippen molar-refractivity contribution in [1.82, 2.24) is 10.2 Å². The molecule has 1 aromatic carbocycles. The Morgan fingerprint density at radius 1 is 1.22 bits per heavy atom. The molecule has 0 unspecified atom stereocenters. The molecule has 0 spiro atoms. The van der Waals surface area contributed by atoms with Crippen LogP contribution in [0.3, 0.4) is 0 Å². The molecular weight excluding hydrogens is 316 g/mol. The first-order chi connectivity index (χ1) is 11.0. The van der Waals surface area contributed by atoms with Crippen LogP contribution in [0.1, 0.15) is 18.0 Å². The van der Waals surface area contributed by atoms with Gasteiger partial charge in [-0.2, -0.15) is 17.6 Å². The number of aliphatic hydroxyl groups is 1. The third-order valence-corrected chi connectivity index (χ3v) is 3.77. The van der Waals surface area contributed by atoms with Gasteiger partial charge in [-0.15, -0.1) is 0 Å². The molecule has 1 aliphatic heterocycles. The fourth-order valence-corrected chi connectivity index (χ4v) is 2.69. The fraction of sp³-hybridized carbons (Fsp3) is 0.600. The first-order valence-corrected chi connectivity index (χ1v) is 7.45. The molecular formula is C15H20F4N2O2. The summed E-state index contributed by atoms with van der Waals surface area (Å²) in [6.45, 7) is 2.67. The highest BCUT2D eigenvalue weighted by Gasteiger charge is 2.44. The van der Waals surface area contributed by atoms with Gasteiger partial charge in [0.1, 0.15) is 5.75 Å². The maximum absolute atomic E-state index is 13.3. The summed E-state index contributed by atoms with van der Waals surface area (Å²) in [5.41, 5.74) is 0.378. The second-order valence-corrected chi connectivity index (χ2v) is 5.32. The monoisotopic (exact) mass is 336 g/mol. The molecule has 1 atom stereocenters. The molecule has 0 radical (unpaired) electrons. The lowest BCUT2D eigenvalue weighted by molar-refractivity contribution is -0.253. The van der Waals surface area contributed by atoms with Crippen LogP contribution in [-0.4, -0.2) is 55.3 Å². The maximum atomic E-state index is 13.3. The molecule has 0 aliphatic carbocycles. The zero-order chi connectivity index (χ0) is 16.9. The van der Waals surface area contributed by atoms with Crippen molar-refractivity contribution in [3.8, 4) is 5.75 Å². The van der Waals surface area contributed by atoms with Crippen LogP contribution in [0, 0.1) is 0 Å². The molecule has 1 heterocycles. The summed E-state index contributed by atoms with van der Waals surface area (Å²) >= 11 is 0. The van der Waals surface area contributed by atoms with E-state index in [1.807, 2.05) is 4.90 Å². The van der Waals surface area contributed by atoms with E-state index in [9.17, 15) is 22.7 Å². The van der Waals surface area contributed by atoms with Gasteiger partial charge in [0.15, 0.2) is 0 Å². The first-order valence-electron chi connectivity index (χ1n) is 7.45. The van der Waals surface area contributed by atoms with E-state index in [-0.39, 0.29) is 18.4 Å². The van der Waals surface area contributed by atoms with E-state index in [0.717, 1.165) is 13.1 Å². The van der Waals surface area contributed by atoms with Gasteiger partial charge >= 0.3 is 12.5 Å². The molecule has 1 saturated heterocycles. The van der Waals surface area contributed by atoms with E-state index in [4.69, 9.17) is 0 Å². The van der Waals surface area contributed by atoms with Crippen molar-refractivity contribution in [3.63, 3.8) is 0 Å². The smallest absolute Gasteiger partial charge is 0.428 e. The van der Waals surface area contributed by atoms with Crippen LogP contribution in [0.4, 0.5) is 17.6 Å². The van der Waals surface area contributed by atoms with Crippen molar-refractivity contribution in [3.05, 3.63) is 29.8 Å². The van der Waals surface area contributed by atoms with Gasteiger partial charge in [0, 0.05) is 44.4 Å². The van der Waals surface area contributed by atoms with Gasteiger partial charge in [-0.25, -0.2) is 0 Å². The molecule has 23 heavy (non-hydrogen) atoms. The van der Waals surface area contributed by atoms with Gasteiger partial charge in [0.25, 0.3) is 0 Å². The molecule has 2 N–H and O–H groups in total. The molecule has 1 fully saturated rings. The number of ether oxygens (including phenoxy) is 1. The Morgan fingerprint density at radius 3 is 2.48 bits per heavy atom. The van der Waals surface area contributed by atoms with Crippen molar-refractivity contribution < 1.29 is 27.4 Å². The van der Waals surface area contributed by atoms with E-state index in [0.29, 0.717) is 25.1 Å². The van der Waals surface area contributed by atoms with Crippen molar-refractivity contribution in [2.45, 2.75) is 25.0 Å². The number of hydrogen-bond donors (Lipinski definition) is 2. The Labute approximate surface area is 132 Å². The van der Waals surface area contributed by atoms with Crippen LogP contribution in [-0.2, 0) is 0 Å². The summed E-state index contributed by atoms with van der Waals surface area (Å²) < 4.78 is 55.6. The SMILES string of the molecule is OCC[C@H](c1ccccc1OC(F)(F)C(F)F)N1CCNCC1. The number of piperazine rings is 1. The topological polar surface area (TPSA) is 44.7 Å². The number of para-hydroxylation sites is 1. The molecule has 8 heteroatoms. The van der Waals surface area contributed by atoms with Gasteiger partial charge in [0.05, 0.1) is 0 Å². The lowest BCUT2D eigenvalue weighted by Gasteiger charge is -2.36. The van der Waals surface area contributed by atoms with Gasteiger partial charge in [-0.3, -0.25) is 4.90 Å². The van der Waals surface area contributed by atoms with Crippen LogP contribution in [0.2, 0.25) is 0 Å². The molecule has 0 bridgehead atoms. The molecule has 2 rings (SSSR count). The van der Waals surface area contributed by atoms with E-state index in [1.165, 1.54) is 12.1 Å². The van der Waals surface area contributed by atoms with Crippen LogP contribution in [0.15, 0.2) is 24.3 Å². The minimum Gasteiger partial charge on any atom is -0.428 e. The molecule has 0 saturated carbocycles. The Bertz CT molecular complexity index is 496. The predicted molar refractivity (Wildman–Crippen MR) is 76.9 cm³/mol. The average Bonchev–Trinajstić information content (AvgIpc) is 2.54. The second-order valence-electron chi connectivity index (χ2n) is 5.32. The third kappa shape index (κ3) is 4.55. The molecule has 1 aliphatic rings. The zero-order valence-electron chi connectivity index (χ0n) is 12.5. The molecule has 130 valence electrons. The number of aliphatic hydroxyl groups excluding tert-OH is 1. The highest BCUT2D eigenvalue weighted by molar-refractivity contribution is 5.36. The maximum Gasteiger partial charge on any atom is 0.461 e. The van der Waals surface area contributed by atoms with Gasteiger partial charge in [0.2, 0.25) is 0 Å². The number of hydrogen-bond acceptors (Lipinski definition) is 4. The summed E-state index contributed by atoms with van der Waals surface area (Å²) in [6.07, 6.45) is -8.16. The van der Waals surface area contributed by atoms with Crippen LogP contribution in [0.25, 0.3) is 0 Å².